The average molecular weight is 373 g/mol. The Balaban J connectivity index is 1.42. The smallest absolute Gasteiger partial charge is 0.161 e. The van der Waals surface area contributed by atoms with E-state index in [-0.39, 0.29) is 23.7 Å². The minimum atomic E-state index is -1.23. The van der Waals surface area contributed by atoms with Crippen molar-refractivity contribution in [1.82, 2.24) is 4.90 Å². The molecular weight excluding hydrogens is 351 g/mol. The molecule has 2 aliphatic heterocycles. The van der Waals surface area contributed by atoms with E-state index in [1.165, 1.54) is 5.56 Å². The zero-order valence-electron chi connectivity index (χ0n) is 15.0. The van der Waals surface area contributed by atoms with Crippen LogP contribution in [-0.2, 0) is 17.8 Å². The van der Waals surface area contributed by atoms with E-state index in [2.05, 4.69) is 17.0 Å². The van der Waals surface area contributed by atoms with E-state index >= 15 is 0 Å². The number of piperidine rings is 1. The predicted molar refractivity (Wildman–Crippen MR) is 96.5 cm³/mol. The normalized spacial score (nSPS) is 24.9. The highest BCUT2D eigenvalue weighted by Crippen LogP contribution is 2.40. The zero-order chi connectivity index (χ0) is 19.0. The number of rotatable bonds is 5. The van der Waals surface area contributed by atoms with Crippen molar-refractivity contribution < 1.29 is 18.0 Å². The third-order valence-corrected chi connectivity index (χ3v) is 6.00. The molecule has 2 nitrogen and oxygen atoms in total. The van der Waals surface area contributed by atoms with Gasteiger partial charge < -0.3 is 0 Å². The van der Waals surface area contributed by atoms with Crippen LogP contribution >= 0.6 is 0 Å². The van der Waals surface area contributed by atoms with Gasteiger partial charge in [0.15, 0.2) is 11.6 Å². The maximum atomic E-state index is 13.9. The molecule has 142 valence electrons. The predicted octanol–water partition coefficient (Wildman–Crippen LogP) is 4.66. The highest BCUT2D eigenvalue weighted by Gasteiger charge is 2.42. The summed E-state index contributed by atoms with van der Waals surface area (Å²) in [6.45, 7) is 0.884. The Kier molecular flexibility index (Phi) is 5.04. The van der Waals surface area contributed by atoms with Crippen molar-refractivity contribution in [3.63, 3.8) is 0 Å². The van der Waals surface area contributed by atoms with Crippen molar-refractivity contribution >= 4 is 5.78 Å². The number of halogens is 3. The summed E-state index contributed by atoms with van der Waals surface area (Å²) < 4.78 is 40.3. The number of ketones is 1. The van der Waals surface area contributed by atoms with Crippen molar-refractivity contribution in [2.24, 2.45) is 5.92 Å². The SMILES string of the molecule is O=C(Cc1cc(F)c(F)cc1F)C1CC2CCC(C1)N2Cc1ccccc1. The van der Waals surface area contributed by atoms with E-state index in [1.807, 2.05) is 18.2 Å². The molecule has 0 aromatic heterocycles. The minimum absolute atomic E-state index is 0.0574. The van der Waals surface area contributed by atoms with Gasteiger partial charge in [0.25, 0.3) is 0 Å². The molecule has 27 heavy (non-hydrogen) atoms. The summed E-state index contributed by atoms with van der Waals surface area (Å²) in [6.07, 6.45) is 3.48. The van der Waals surface area contributed by atoms with E-state index < -0.39 is 17.5 Å². The fourth-order valence-electron chi connectivity index (χ4n) is 4.62. The Morgan fingerprint density at radius 1 is 0.926 bits per heavy atom. The van der Waals surface area contributed by atoms with E-state index in [0.717, 1.165) is 38.3 Å². The second-order valence-corrected chi connectivity index (χ2v) is 7.71. The molecule has 2 aromatic rings. The highest BCUT2D eigenvalue weighted by atomic mass is 19.2. The van der Waals surface area contributed by atoms with E-state index in [1.54, 1.807) is 0 Å². The Morgan fingerprint density at radius 2 is 1.56 bits per heavy atom. The lowest BCUT2D eigenvalue weighted by atomic mass is 9.85. The molecule has 4 rings (SSSR count). The summed E-state index contributed by atoms with van der Waals surface area (Å²) >= 11 is 0. The van der Waals surface area contributed by atoms with E-state index in [9.17, 15) is 18.0 Å². The Hall–Kier alpha value is -2.14. The molecule has 0 amide bonds. The van der Waals surface area contributed by atoms with Crippen molar-refractivity contribution in [1.29, 1.82) is 0 Å². The molecule has 0 saturated carbocycles. The first-order valence-corrected chi connectivity index (χ1v) is 9.47. The fraction of sp³-hybridized carbons (Fsp3) is 0.409. The van der Waals surface area contributed by atoms with Crippen molar-refractivity contribution in [3.05, 3.63) is 71.0 Å². The molecule has 2 heterocycles. The van der Waals surface area contributed by atoms with Crippen LogP contribution in [0, 0.1) is 23.4 Å². The quantitative estimate of drug-likeness (QED) is 0.711. The summed E-state index contributed by atoms with van der Waals surface area (Å²) in [5, 5.41) is 0. The van der Waals surface area contributed by atoms with Crippen LogP contribution in [0.3, 0.4) is 0 Å². The van der Waals surface area contributed by atoms with Gasteiger partial charge in [0.05, 0.1) is 0 Å². The van der Waals surface area contributed by atoms with Crippen LogP contribution in [0.1, 0.15) is 36.8 Å². The molecule has 2 aromatic carbocycles. The third-order valence-electron chi connectivity index (χ3n) is 6.00. The molecule has 5 heteroatoms. The lowest BCUT2D eigenvalue weighted by Gasteiger charge is -2.38. The van der Waals surface area contributed by atoms with Gasteiger partial charge in [-0.05, 0) is 42.9 Å². The monoisotopic (exact) mass is 373 g/mol. The van der Waals surface area contributed by atoms with Crippen LogP contribution in [0.5, 0.6) is 0 Å². The Labute approximate surface area is 157 Å². The van der Waals surface area contributed by atoms with Crippen LogP contribution in [0.4, 0.5) is 13.2 Å². The molecule has 0 radical (unpaired) electrons. The standard InChI is InChI=1S/C22H22F3NO/c23-19-12-21(25)20(24)10-15(19)11-22(27)16-8-17-6-7-18(9-16)26(17)13-14-4-2-1-3-5-14/h1-5,10,12,16-18H,6-9,11,13H2. The molecule has 2 bridgehead atoms. The second-order valence-electron chi connectivity index (χ2n) is 7.71. The lowest BCUT2D eigenvalue weighted by Crippen LogP contribution is -2.44. The Morgan fingerprint density at radius 3 is 2.22 bits per heavy atom. The first-order valence-electron chi connectivity index (χ1n) is 9.47. The molecule has 2 saturated heterocycles. The van der Waals surface area contributed by atoms with Crippen LogP contribution in [0.2, 0.25) is 0 Å². The van der Waals surface area contributed by atoms with Gasteiger partial charge in [0.2, 0.25) is 0 Å². The molecule has 0 aliphatic carbocycles. The number of hydrogen-bond acceptors (Lipinski definition) is 2. The molecule has 0 N–H and O–H groups in total. The number of carbonyl (C=O) groups is 1. The molecule has 2 unspecified atom stereocenters. The van der Waals surface area contributed by atoms with Crippen molar-refractivity contribution in [3.8, 4) is 0 Å². The molecular formula is C22H22F3NO. The number of fused-ring (bicyclic) bond motifs is 2. The van der Waals surface area contributed by atoms with E-state index in [0.29, 0.717) is 18.2 Å². The van der Waals surface area contributed by atoms with Crippen LogP contribution in [-0.4, -0.2) is 22.8 Å². The van der Waals surface area contributed by atoms with Crippen molar-refractivity contribution in [2.75, 3.05) is 0 Å². The summed E-state index contributed by atoms with van der Waals surface area (Å²) in [4.78, 5) is 15.2. The highest BCUT2D eigenvalue weighted by molar-refractivity contribution is 5.83. The van der Waals surface area contributed by atoms with E-state index in [4.69, 9.17) is 0 Å². The van der Waals surface area contributed by atoms with Gasteiger partial charge in [-0.3, -0.25) is 9.69 Å². The zero-order valence-corrected chi connectivity index (χ0v) is 15.0. The Bertz CT molecular complexity index is 825. The summed E-state index contributed by atoms with van der Waals surface area (Å²) in [5.41, 5.74) is 1.21. The first kappa shape index (κ1) is 18.2. The summed E-state index contributed by atoms with van der Waals surface area (Å²) in [5.74, 6) is -3.40. The number of Topliss-reactive ketones (excluding diaryl/α,β-unsaturated/α-hetero) is 1. The largest absolute Gasteiger partial charge is 0.299 e. The maximum Gasteiger partial charge on any atom is 0.161 e. The van der Waals surface area contributed by atoms with Crippen LogP contribution < -0.4 is 0 Å². The van der Waals surface area contributed by atoms with Gasteiger partial charge in [0.1, 0.15) is 11.6 Å². The van der Waals surface area contributed by atoms with Gasteiger partial charge in [-0.15, -0.1) is 0 Å². The number of hydrogen-bond donors (Lipinski definition) is 0. The maximum absolute atomic E-state index is 13.9. The van der Waals surface area contributed by atoms with Gasteiger partial charge in [0, 0.05) is 37.0 Å². The topological polar surface area (TPSA) is 20.3 Å². The van der Waals surface area contributed by atoms with Crippen molar-refractivity contribution in [2.45, 2.75) is 50.7 Å². The third kappa shape index (κ3) is 3.79. The molecule has 2 aliphatic rings. The molecule has 2 atom stereocenters. The lowest BCUT2D eigenvalue weighted by molar-refractivity contribution is -0.124. The number of benzene rings is 2. The summed E-state index contributed by atoms with van der Waals surface area (Å²) in [6, 6.07) is 12.3. The number of carbonyl (C=O) groups excluding carboxylic acids is 1. The van der Waals surface area contributed by atoms with Gasteiger partial charge in [-0.1, -0.05) is 30.3 Å². The fourth-order valence-corrected chi connectivity index (χ4v) is 4.62. The van der Waals surface area contributed by atoms with Gasteiger partial charge >= 0.3 is 0 Å². The summed E-state index contributed by atoms with van der Waals surface area (Å²) in [7, 11) is 0. The molecule has 2 fully saturated rings. The first-order chi connectivity index (χ1) is 13.0. The minimum Gasteiger partial charge on any atom is -0.299 e. The number of nitrogens with zero attached hydrogens (tertiary/aromatic N) is 1. The average Bonchev–Trinajstić information content (AvgIpc) is 2.88. The van der Waals surface area contributed by atoms with Gasteiger partial charge in [-0.25, -0.2) is 13.2 Å². The second kappa shape index (κ2) is 7.47. The van der Waals surface area contributed by atoms with Crippen LogP contribution in [0.25, 0.3) is 0 Å². The van der Waals surface area contributed by atoms with Crippen LogP contribution in [0.15, 0.2) is 42.5 Å². The molecule has 0 spiro atoms. The van der Waals surface area contributed by atoms with Gasteiger partial charge in [-0.2, -0.15) is 0 Å².